The number of methoxy groups -OCH3 is 1. The van der Waals surface area contributed by atoms with Crippen LogP contribution >= 0.6 is 0 Å². The molecule has 1 aliphatic heterocycles. The molecule has 0 radical (unpaired) electrons. The predicted molar refractivity (Wildman–Crippen MR) is 99.9 cm³/mol. The van der Waals surface area contributed by atoms with E-state index in [0.717, 1.165) is 54.3 Å². The summed E-state index contributed by atoms with van der Waals surface area (Å²) in [5, 5.41) is 0. The Balaban J connectivity index is 1.49. The van der Waals surface area contributed by atoms with E-state index in [-0.39, 0.29) is 0 Å². The maximum Gasteiger partial charge on any atom is 0.214 e. The van der Waals surface area contributed by atoms with E-state index in [2.05, 4.69) is 20.9 Å². The van der Waals surface area contributed by atoms with Gasteiger partial charge in [0.1, 0.15) is 12.4 Å². The van der Waals surface area contributed by atoms with E-state index in [0.29, 0.717) is 12.5 Å². The lowest BCUT2D eigenvalue weighted by Gasteiger charge is -2.28. The van der Waals surface area contributed by atoms with Crippen LogP contribution in [0.4, 0.5) is 5.69 Å². The first kappa shape index (κ1) is 16.6. The topological polar surface area (TPSA) is 56.7 Å². The Bertz CT molecular complexity index is 877. The quantitative estimate of drug-likeness (QED) is 0.704. The van der Waals surface area contributed by atoms with Crippen LogP contribution < -0.4 is 14.4 Å². The number of morpholine rings is 1. The van der Waals surface area contributed by atoms with E-state index >= 15 is 0 Å². The molecule has 1 fully saturated rings. The van der Waals surface area contributed by atoms with Gasteiger partial charge < -0.3 is 19.1 Å². The number of nitrogens with zero attached hydrogens (tertiary/aromatic N) is 3. The standard InChI is InChI=1S/C20H21N3O3/c1-24-17-4-2-15(3-5-17)14-26-20-7-6-18-19(22-20)12-16(13-21-18)23-8-10-25-11-9-23/h2-7,12-13H,8-11,14H2,1H3. The Morgan fingerprint density at radius 3 is 2.62 bits per heavy atom. The highest BCUT2D eigenvalue weighted by Crippen LogP contribution is 2.22. The molecule has 0 spiro atoms. The van der Waals surface area contributed by atoms with E-state index in [1.807, 2.05) is 42.6 Å². The van der Waals surface area contributed by atoms with E-state index in [9.17, 15) is 0 Å². The molecule has 6 nitrogen and oxygen atoms in total. The minimum atomic E-state index is 0.457. The summed E-state index contributed by atoms with van der Waals surface area (Å²) in [5.74, 6) is 1.42. The van der Waals surface area contributed by atoms with Crippen LogP contribution in [-0.4, -0.2) is 43.4 Å². The van der Waals surface area contributed by atoms with Gasteiger partial charge in [-0.05, 0) is 29.8 Å². The van der Waals surface area contributed by atoms with Crippen molar-refractivity contribution in [2.24, 2.45) is 0 Å². The van der Waals surface area contributed by atoms with E-state index in [4.69, 9.17) is 14.2 Å². The van der Waals surface area contributed by atoms with Crippen LogP contribution in [-0.2, 0) is 11.3 Å². The molecule has 6 heteroatoms. The highest BCUT2D eigenvalue weighted by Gasteiger charge is 2.12. The molecule has 3 heterocycles. The van der Waals surface area contributed by atoms with Crippen molar-refractivity contribution in [3.8, 4) is 11.6 Å². The molecule has 0 bridgehead atoms. The van der Waals surface area contributed by atoms with Crippen molar-refractivity contribution in [3.63, 3.8) is 0 Å². The van der Waals surface area contributed by atoms with Crippen LogP contribution in [0.1, 0.15) is 5.56 Å². The Labute approximate surface area is 152 Å². The maximum atomic E-state index is 5.85. The van der Waals surface area contributed by atoms with Gasteiger partial charge in [-0.25, -0.2) is 4.98 Å². The Kier molecular flexibility index (Phi) is 4.84. The van der Waals surface area contributed by atoms with Gasteiger partial charge in [0.25, 0.3) is 0 Å². The average molecular weight is 351 g/mol. The lowest BCUT2D eigenvalue weighted by Crippen LogP contribution is -2.36. The van der Waals surface area contributed by atoms with Crippen molar-refractivity contribution in [1.82, 2.24) is 9.97 Å². The molecule has 0 saturated carbocycles. The number of hydrogen-bond donors (Lipinski definition) is 0. The monoisotopic (exact) mass is 351 g/mol. The van der Waals surface area contributed by atoms with Crippen molar-refractivity contribution < 1.29 is 14.2 Å². The lowest BCUT2D eigenvalue weighted by atomic mass is 10.2. The largest absolute Gasteiger partial charge is 0.497 e. The molecule has 2 aromatic heterocycles. The molecule has 3 aromatic rings. The molecule has 1 saturated heterocycles. The second-order valence-electron chi connectivity index (χ2n) is 6.12. The van der Waals surface area contributed by atoms with Crippen molar-refractivity contribution in [2.45, 2.75) is 6.61 Å². The third-order valence-electron chi connectivity index (χ3n) is 4.42. The Morgan fingerprint density at radius 1 is 1.04 bits per heavy atom. The summed E-state index contributed by atoms with van der Waals surface area (Å²) in [6, 6.07) is 13.7. The maximum absolute atomic E-state index is 5.85. The first-order chi connectivity index (χ1) is 12.8. The highest BCUT2D eigenvalue weighted by atomic mass is 16.5. The summed E-state index contributed by atoms with van der Waals surface area (Å²) in [6.07, 6.45) is 1.90. The molecule has 0 unspecified atom stereocenters. The zero-order valence-corrected chi connectivity index (χ0v) is 14.7. The number of aromatic nitrogens is 2. The lowest BCUT2D eigenvalue weighted by molar-refractivity contribution is 0.122. The number of hydrogen-bond acceptors (Lipinski definition) is 6. The number of fused-ring (bicyclic) bond motifs is 1. The number of pyridine rings is 2. The van der Waals surface area contributed by atoms with Crippen LogP contribution in [0.3, 0.4) is 0 Å². The van der Waals surface area contributed by atoms with Crippen LogP contribution in [0.5, 0.6) is 11.6 Å². The summed E-state index contributed by atoms with van der Waals surface area (Å²) in [7, 11) is 1.66. The summed E-state index contributed by atoms with van der Waals surface area (Å²) >= 11 is 0. The first-order valence-corrected chi connectivity index (χ1v) is 8.67. The first-order valence-electron chi connectivity index (χ1n) is 8.67. The van der Waals surface area contributed by atoms with Gasteiger partial charge in [-0.3, -0.25) is 4.98 Å². The normalized spacial score (nSPS) is 14.4. The van der Waals surface area contributed by atoms with Gasteiger partial charge in [0.2, 0.25) is 5.88 Å². The summed E-state index contributed by atoms with van der Waals surface area (Å²) in [5.41, 5.74) is 3.83. The fraction of sp³-hybridized carbons (Fsp3) is 0.300. The third-order valence-corrected chi connectivity index (χ3v) is 4.42. The predicted octanol–water partition coefficient (Wildman–Crippen LogP) is 3.05. The third kappa shape index (κ3) is 3.70. The zero-order chi connectivity index (χ0) is 17.8. The molecular formula is C20H21N3O3. The minimum Gasteiger partial charge on any atom is -0.497 e. The van der Waals surface area contributed by atoms with Crippen molar-refractivity contribution in [2.75, 3.05) is 38.3 Å². The van der Waals surface area contributed by atoms with Gasteiger partial charge in [0.15, 0.2) is 0 Å². The zero-order valence-electron chi connectivity index (χ0n) is 14.7. The minimum absolute atomic E-state index is 0.457. The van der Waals surface area contributed by atoms with Crippen molar-refractivity contribution in [3.05, 3.63) is 54.2 Å². The average Bonchev–Trinajstić information content (AvgIpc) is 2.72. The second kappa shape index (κ2) is 7.58. The molecule has 4 rings (SSSR count). The Hall–Kier alpha value is -2.86. The molecule has 0 aliphatic carbocycles. The number of benzene rings is 1. The van der Waals surface area contributed by atoms with Crippen LogP contribution in [0.2, 0.25) is 0 Å². The van der Waals surface area contributed by atoms with Crippen LogP contribution in [0.15, 0.2) is 48.7 Å². The molecule has 26 heavy (non-hydrogen) atoms. The van der Waals surface area contributed by atoms with E-state index < -0.39 is 0 Å². The van der Waals surface area contributed by atoms with E-state index in [1.165, 1.54) is 0 Å². The van der Waals surface area contributed by atoms with Crippen LogP contribution in [0.25, 0.3) is 11.0 Å². The van der Waals surface area contributed by atoms with Gasteiger partial charge in [-0.1, -0.05) is 12.1 Å². The Morgan fingerprint density at radius 2 is 1.85 bits per heavy atom. The number of rotatable bonds is 5. The summed E-state index contributed by atoms with van der Waals surface area (Å²) in [6.45, 7) is 3.70. The molecule has 134 valence electrons. The van der Waals surface area contributed by atoms with E-state index in [1.54, 1.807) is 7.11 Å². The molecular weight excluding hydrogens is 330 g/mol. The highest BCUT2D eigenvalue weighted by molar-refractivity contribution is 5.78. The van der Waals surface area contributed by atoms with Gasteiger partial charge in [0.05, 0.1) is 43.2 Å². The molecule has 0 atom stereocenters. The second-order valence-corrected chi connectivity index (χ2v) is 6.12. The number of anilines is 1. The fourth-order valence-electron chi connectivity index (χ4n) is 2.93. The van der Waals surface area contributed by atoms with Gasteiger partial charge in [-0.2, -0.15) is 0 Å². The van der Waals surface area contributed by atoms with Crippen molar-refractivity contribution >= 4 is 16.7 Å². The van der Waals surface area contributed by atoms with Crippen molar-refractivity contribution in [1.29, 1.82) is 0 Å². The molecule has 0 N–H and O–H groups in total. The molecule has 1 aromatic carbocycles. The number of ether oxygens (including phenoxy) is 3. The van der Waals surface area contributed by atoms with Gasteiger partial charge >= 0.3 is 0 Å². The fourth-order valence-corrected chi connectivity index (χ4v) is 2.93. The SMILES string of the molecule is COc1ccc(COc2ccc3ncc(N4CCOCC4)cc3n2)cc1. The molecule has 1 aliphatic rings. The summed E-state index contributed by atoms with van der Waals surface area (Å²) in [4.78, 5) is 11.4. The smallest absolute Gasteiger partial charge is 0.214 e. The van der Waals surface area contributed by atoms with Crippen LogP contribution in [0, 0.1) is 0 Å². The van der Waals surface area contributed by atoms with Gasteiger partial charge in [-0.15, -0.1) is 0 Å². The summed E-state index contributed by atoms with van der Waals surface area (Å²) < 4.78 is 16.4. The van der Waals surface area contributed by atoms with Gasteiger partial charge in [0, 0.05) is 19.2 Å². The molecule has 0 amide bonds.